The van der Waals surface area contributed by atoms with Crippen LogP contribution in [0.2, 0.25) is 0 Å². The van der Waals surface area contributed by atoms with Crippen LogP contribution in [-0.2, 0) is 10.0 Å². The van der Waals surface area contributed by atoms with Crippen molar-refractivity contribution in [1.29, 1.82) is 0 Å². The third-order valence-electron chi connectivity index (χ3n) is 4.42. The molecular weight excluding hydrogens is 384 g/mol. The van der Waals surface area contributed by atoms with Crippen molar-refractivity contribution in [3.05, 3.63) is 42.0 Å². The number of carbonyl (C=O) groups is 1. The van der Waals surface area contributed by atoms with Crippen LogP contribution in [0.5, 0.6) is 17.2 Å². The molecule has 8 nitrogen and oxygen atoms in total. The molecule has 1 heterocycles. The first-order chi connectivity index (χ1) is 13.4. The summed E-state index contributed by atoms with van der Waals surface area (Å²) in [5, 5.41) is 2.78. The molecule has 2 aromatic carbocycles. The first-order valence-electron chi connectivity index (χ1n) is 8.61. The van der Waals surface area contributed by atoms with E-state index in [1.807, 2.05) is 0 Å². The second kappa shape index (κ2) is 7.97. The number of benzene rings is 2. The molecule has 9 heteroatoms. The predicted molar refractivity (Wildman–Crippen MR) is 106 cm³/mol. The van der Waals surface area contributed by atoms with Crippen LogP contribution in [0.3, 0.4) is 0 Å². The molecule has 0 radical (unpaired) electrons. The Kier molecular flexibility index (Phi) is 5.64. The molecule has 3 rings (SSSR count). The molecule has 0 spiro atoms. The van der Waals surface area contributed by atoms with Crippen molar-refractivity contribution >= 4 is 27.3 Å². The number of methoxy groups -OCH3 is 3. The zero-order chi connectivity index (χ0) is 20.3. The van der Waals surface area contributed by atoms with E-state index in [2.05, 4.69) is 5.32 Å². The van der Waals surface area contributed by atoms with E-state index in [1.165, 1.54) is 25.6 Å². The van der Waals surface area contributed by atoms with Crippen molar-refractivity contribution < 1.29 is 27.4 Å². The number of rotatable bonds is 6. The van der Waals surface area contributed by atoms with Gasteiger partial charge in [0, 0.05) is 29.9 Å². The standard InChI is InChI=1S/C19H22N2O6S/c1-25-16-11-14(12-17(26-2)18(16)27-3)20-19(22)13-6-4-7-15(10-13)21-8-5-9-28(21,23)24/h4,6-7,10-12H,5,8-9H2,1-3H3,(H,20,22). The van der Waals surface area contributed by atoms with Crippen molar-refractivity contribution in [2.45, 2.75) is 6.42 Å². The lowest BCUT2D eigenvalue weighted by atomic mass is 10.1. The van der Waals surface area contributed by atoms with Gasteiger partial charge in [-0.3, -0.25) is 9.10 Å². The number of nitrogens with one attached hydrogen (secondary N) is 1. The van der Waals surface area contributed by atoms with Gasteiger partial charge in [0.2, 0.25) is 15.8 Å². The van der Waals surface area contributed by atoms with Crippen molar-refractivity contribution in [1.82, 2.24) is 0 Å². The van der Waals surface area contributed by atoms with E-state index in [9.17, 15) is 13.2 Å². The van der Waals surface area contributed by atoms with Gasteiger partial charge in [-0.15, -0.1) is 0 Å². The fraction of sp³-hybridized carbons (Fsp3) is 0.316. The molecule has 0 aromatic heterocycles. The van der Waals surface area contributed by atoms with Crippen LogP contribution in [0, 0.1) is 0 Å². The van der Waals surface area contributed by atoms with Crippen molar-refractivity contribution in [2.75, 3.05) is 43.2 Å². The Morgan fingerprint density at radius 1 is 1.04 bits per heavy atom. The minimum Gasteiger partial charge on any atom is -0.493 e. The second-order valence-electron chi connectivity index (χ2n) is 6.16. The van der Waals surface area contributed by atoms with E-state index in [-0.39, 0.29) is 11.7 Å². The lowest BCUT2D eigenvalue weighted by molar-refractivity contribution is 0.102. The Labute approximate surface area is 164 Å². The molecule has 1 N–H and O–H groups in total. The van der Waals surface area contributed by atoms with Gasteiger partial charge < -0.3 is 19.5 Å². The number of amides is 1. The molecule has 150 valence electrons. The minimum atomic E-state index is -3.31. The maximum absolute atomic E-state index is 12.7. The van der Waals surface area contributed by atoms with Gasteiger partial charge in [-0.2, -0.15) is 0 Å². The van der Waals surface area contributed by atoms with E-state index >= 15 is 0 Å². The van der Waals surface area contributed by atoms with Gasteiger partial charge in [-0.05, 0) is 24.6 Å². The Morgan fingerprint density at radius 2 is 1.71 bits per heavy atom. The third-order valence-corrected chi connectivity index (χ3v) is 6.29. The fourth-order valence-corrected chi connectivity index (χ4v) is 4.64. The summed E-state index contributed by atoms with van der Waals surface area (Å²) in [6.45, 7) is 0.417. The molecule has 28 heavy (non-hydrogen) atoms. The van der Waals surface area contributed by atoms with Gasteiger partial charge in [0.15, 0.2) is 11.5 Å². The molecule has 2 aromatic rings. The number of carbonyl (C=O) groups excluding carboxylic acids is 1. The summed E-state index contributed by atoms with van der Waals surface area (Å²) in [6, 6.07) is 9.77. The molecule has 1 fully saturated rings. The van der Waals surface area contributed by atoms with Gasteiger partial charge >= 0.3 is 0 Å². The van der Waals surface area contributed by atoms with E-state index in [0.29, 0.717) is 47.2 Å². The number of nitrogens with zero attached hydrogens (tertiary/aromatic N) is 1. The van der Waals surface area contributed by atoms with Crippen LogP contribution in [-0.4, -0.2) is 48.0 Å². The van der Waals surface area contributed by atoms with Crippen molar-refractivity contribution in [2.24, 2.45) is 0 Å². The Bertz CT molecular complexity index is 965. The van der Waals surface area contributed by atoms with Crippen molar-refractivity contribution in [3.8, 4) is 17.2 Å². The number of hydrogen-bond donors (Lipinski definition) is 1. The lowest BCUT2D eigenvalue weighted by Crippen LogP contribution is -2.25. The molecule has 1 aliphatic heterocycles. The molecule has 0 bridgehead atoms. The maximum Gasteiger partial charge on any atom is 0.255 e. The summed E-state index contributed by atoms with van der Waals surface area (Å²) in [7, 11) is 1.16. The Balaban J connectivity index is 1.87. The SMILES string of the molecule is COc1cc(NC(=O)c2cccc(N3CCCS3(=O)=O)c2)cc(OC)c1OC. The van der Waals surface area contributed by atoms with E-state index < -0.39 is 10.0 Å². The second-order valence-corrected chi connectivity index (χ2v) is 8.17. The Morgan fingerprint density at radius 3 is 2.25 bits per heavy atom. The molecule has 0 atom stereocenters. The van der Waals surface area contributed by atoms with Gasteiger partial charge in [0.1, 0.15) is 0 Å². The van der Waals surface area contributed by atoms with Crippen LogP contribution in [0.15, 0.2) is 36.4 Å². The summed E-state index contributed by atoms with van der Waals surface area (Å²) in [6.07, 6.45) is 0.574. The molecular formula is C19H22N2O6S. The minimum absolute atomic E-state index is 0.120. The number of ether oxygens (including phenoxy) is 3. The quantitative estimate of drug-likeness (QED) is 0.792. The van der Waals surface area contributed by atoms with Crippen LogP contribution < -0.4 is 23.8 Å². The molecule has 0 saturated carbocycles. The fourth-order valence-electron chi connectivity index (χ4n) is 3.09. The maximum atomic E-state index is 12.7. The van der Waals surface area contributed by atoms with Crippen LogP contribution in [0.4, 0.5) is 11.4 Å². The van der Waals surface area contributed by atoms with Crippen molar-refractivity contribution in [3.63, 3.8) is 0 Å². The highest BCUT2D eigenvalue weighted by atomic mass is 32.2. The summed E-state index contributed by atoms with van der Waals surface area (Å²) in [5.41, 5.74) is 1.28. The molecule has 1 aliphatic rings. The highest BCUT2D eigenvalue weighted by molar-refractivity contribution is 7.93. The summed E-state index contributed by atoms with van der Waals surface area (Å²) < 4.78 is 41.4. The highest BCUT2D eigenvalue weighted by Gasteiger charge is 2.28. The van der Waals surface area contributed by atoms with E-state index in [4.69, 9.17) is 14.2 Å². The normalized spacial score (nSPS) is 15.2. The number of sulfonamides is 1. The molecule has 1 saturated heterocycles. The van der Waals surface area contributed by atoms with Gasteiger partial charge in [-0.25, -0.2) is 8.42 Å². The average molecular weight is 406 g/mol. The van der Waals surface area contributed by atoms with E-state index in [0.717, 1.165) is 0 Å². The number of anilines is 2. The average Bonchev–Trinajstić information content (AvgIpc) is 3.06. The first-order valence-corrected chi connectivity index (χ1v) is 10.2. The predicted octanol–water partition coefficient (Wildman–Crippen LogP) is 2.50. The topological polar surface area (TPSA) is 94.2 Å². The van der Waals surface area contributed by atoms with E-state index in [1.54, 1.807) is 36.4 Å². The monoisotopic (exact) mass is 406 g/mol. The van der Waals surface area contributed by atoms with Gasteiger partial charge in [0.25, 0.3) is 5.91 Å². The van der Waals surface area contributed by atoms with Crippen LogP contribution in [0.25, 0.3) is 0 Å². The number of hydrogen-bond acceptors (Lipinski definition) is 6. The molecule has 1 amide bonds. The Hall–Kier alpha value is -2.94. The van der Waals surface area contributed by atoms with Crippen LogP contribution in [0.1, 0.15) is 16.8 Å². The van der Waals surface area contributed by atoms with Gasteiger partial charge in [0.05, 0.1) is 32.8 Å². The van der Waals surface area contributed by atoms with Gasteiger partial charge in [-0.1, -0.05) is 6.07 Å². The van der Waals surface area contributed by atoms with Crippen LogP contribution >= 0.6 is 0 Å². The third kappa shape index (κ3) is 3.84. The summed E-state index contributed by atoms with van der Waals surface area (Å²) in [5.74, 6) is 0.981. The first kappa shape index (κ1) is 19.8. The molecule has 0 aliphatic carbocycles. The zero-order valence-corrected chi connectivity index (χ0v) is 16.7. The molecule has 0 unspecified atom stereocenters. The highest BCUT2D eigenvalue weighted by Crippen LogP contribution is 2.40. The summed E-state index contributed by atoms with van der Waals surface area (Å²) in [4.78, 5) is 12.7. The largest absolute Gasteiger partial charge is 0.493 e. The zero-order valence-electron chi connectivity index (χ0n) is 15.9. The lowest BCUT2D eigenvalue weighted by Gasteiger charge is -2.18. The smallest absolute Gasteiger partial charge is 0.255 e. The summed E-state index contributed by atoms with van der Waals surface area (Å²) >= 11 is 0.